The van der Waals surface area contributed by atoms with Crippen LogP contribution in [0.25, 0.3) is 28.2 Å². The molecule has 0 saturated carbocycles. The summed E-state index contributed by atoms with van der Waals surface area (Å²) in [6, 6.07) is 16.2. The van der Waals surface area contributed by atoms with Crippen LogP contribution in [0, 0.1) is 12.8 Å². The number of benzene rings is 3. The Kier molecular flexibility index (Phi) is 8.66. The van der Waals surface area contributed by atoms with Crippen molar-refractivity contribution in [3.05, 3.63) is 82.9 Å². The third kappa shape index (κ3) is 6.28. The largest absolute Gasteiger partial charge is 0.416 e. The Balaban J connectivity index is 1.12. The summed E-state index contributed by atoms with van der Waals surface area (Å²) >= 11 is 1.74. The molecule has 3 aromatic carbocycles. The van der Waals surface area contributed by atoms with Crippen molar-refractivity contribution in [1.29, 1.82) is 0 Å². The van der Waals surface area contributed by atoms with E-state index in [-0.39, 0.29) is 0 Å². The second kappa shape index (κ2) is 12.2. The van der Waals surface area contributed by atoms with Crippen LogP contribution in [-0.2, 0) is 19.6 Å². The number of hydrogen-bond donors (Lipinski definition) is 0. The minimum Gasteiger partial charge on any atom is -0.305 e. The van der Waals surface area contributed by atoms with Gasteiger partial charge in [0.2, 0.25) is 0 Å². The molecule has 0 amide bonds. The van der Waals surface area contributed by atoms with Crippen molar-refractivity contribution in [2.45, 2.75) is 44.4 Å². The van der Waals surface area contributed by atoms with Crippen molar-refractivity contribution in [2.24, 2.45) is 13.0 Å². The van der Waals surface area contributed by atoms with Crippen molar-refractivity contribution < 1.29 is 13.2 Å². The van der Waals surface area contributed by atoms with Gasteiger partial charge in [0.1, 0.15) is 0 Å². The summed E-state index contributed by atoms with van der Waals surface area (Å²) in [5, 5.41) is 12.5. The van der Waals surface area contributed by atoms with E-state index in [1.807, 2.05) is 13.1 Å². The molecule has 40 heavy (non-hydrogen) atoms. The summed E-state index contributed by atoms with van der Waals surface area (Å²) in [4.78, 5) is 2.47. The summed E-state index contributed by atoms with van der Waals surface area (Å²) in [5.74, 6) is 2.28. The Labute approximate surface area is 238 Å². The van der Waals surface area contributed by atoms with E-state index in [2.05, 4.69) is 69.9 Å². The normalized spacial score (nSPS) is 16.5. The average molecular weight is 565 g/mol. The van der Waals surface area contributed by atoms with Crippen molar-refractivity contribution in [2.75, 3.05) is 25.4 Å². The number of thioether (sulfide) groups is 1. The van der Waals surface area contributed by atoms with Gasteiger partial charge in [0.15, 0.2) is 11.0 Å². The number of nitrogens with zero attached hydrogens (tertiary/aromatic N) is 4. The van der Waals surface area contributed by atoms with Crippen LogP contribution in [0.3, 0.4) is 0 Å². The molecular weight excluding hydrogens is 529 g/mol. The number of aromatic nitrogens is 3. The van der Waals surface area contributed by atoms with Crippen LogP contribution >= 0.6 is 11.8 Å². The summed E-state index contributed by atoms with van der Waals surface area (Å²) in [7, 11) is 2.04. The number of fused-ring (bicyclic) bond motifs is 1. The molecule has 0 radical (unpaired) electrons. The highest BCUT2D eigenvalue weighted by Crippen LogP contribution is 2.33. The maximum Gasteiger partial charge on any atom is 0.416 e. The number of likely N-dealkylation sites (tertiary alicyclic amines) is 1. The van der Waals surface area contributed by atoms with E-state index >= 15 is 0 Å². The van der Waals surface area contributed by atoms with E-state index in [9.17, 15) is 13.2 Å². The monoisotopic (exact) mass is 564 g/mol. The summed E-state index contributed by atoms with van der Waals surface area (Å²) in [6.45, 7) is 7.42. The topological polar surface area (TPSA) is 34.0 Å². The van der Waals surface area contributed by atoms with Gasteiger partial charge in [0.05, 0.1) is 5.56 Å². The number of aryl methyl sites for hydroxylation is 2. The number of hydrogen-bond acceptors (Lipinski definition) is 4. The fraction of sp³-hybridized carbons (Fsp3) is 0.375. The van der Waals surface area contributed by atoms with E-state index in [4.69, 9.17) is 0 Å². The third-order valence-corrected chi connectivity index (χ3v) is 8.90. The van der Waals surface area contributed by atoms with Gasteiger partial charge in [-0.1, -0.05) is 73.3 Å². The molecule has 0 N–H and O–H groups in total. The van der Waals surface area contributed by atoms with Gasteiger partial charge in [-0.25, -0.2) is 0 Å². The van der Waals surface area contributed by atoms with Gasteiger partial charge < -0.3 is 9.47 Å². The molecule has 0 unspecified atom stereocenters. The molecule has 0 aliphatic carbocycles. The SMILES string of the molecule is CCc1c(C)ccc2c(-c3nnc(SCCCN4CC[C@@H](/C=C/c5ccc(C(F)(F)F)cc5)C4)n3C)cccc12. The first-order valence-electron chi connectivity index (χ1n) is 13.9. The number of rotatable bonds is 9. The molecule has 1 aromatic heterocycles. The minimum absolute atomic E-state index is 0.425. The average Bonchev–Trinajstić information content (AvgIpc) is 3.55. The smallest absolute Gasteiger partial charge is 0.305 e. The zero-order valence-corrected chi connectivity index (χ0v) is 24.0. The van der Waals surface area contributed by atoms with Crippen LogP contribution < -0.4 is 0 Å². The highest BCUT2D eigenvalue weighted by molar-refractivity contribution is 7.99. The highest BCUT2D eigenvalue weighted by Gasteiger charge is 2.29. The van der Waals surface area contributed by atoms with Crippen molar-refractivity contribution in [1.82, 2.24) is 19.7 Å². The molecule has 8 heteroatoms. The second-order valence-corrected chi connectivity index (χ2v) is 11.6. The fourth-order valence-corrected chi connectivity index (χ4v) is 6.41. The predicted octanol–water partition coefficient (Wildman–Crippen LogP) is 8.04. The van der Waals surface area contributed by atoms with Crippen LogP contribution in [0.5, 0.6) is 0 Å². The lowest BCUT2D eigenvalue weighted by atomic mass is 9.95. The quantitative estimate of drug-likeness (QED) is 0.152. The fourth-order valence-electron chi connectivity index (χ4n) is 5.57. The maximum atomic E-state index is 12.8. The van der Waals surface area contributed by atoms with Gasteiger partial charge in [-0.05, 0) is 84.8 Å². The lowest BCUT2D eigenvalue weighted by molar-refractivity contribution is -0.137. The summed E-state index contributed by atoms with van der Waals surface area (Å²) < 4.78 is 40.4. The molecule has 4 nitrogen and oxygen atoms in total. The zero-order valence-electron chi connectivity index (χ0n) is 23.2. The third-order valence-electron chi connectivity index (χ3n) is 7.79. The predicted molar refractivity (Wildman–Crippen MR) is 158 cm³/mol. The Morgan fingerprint density at radius 2 is 1.82 bits per heavy atom. The summed E-state index contributed by atoms with van der Waals surface area (Å²) in [6.07, 6.45) is 2.90. The van der Waals surface area contributed by atoms with Crippen LogP contribution in [0.4, 0.5) is 13.2 Å². The first-order chi connectivity index (χ1) is 19.2. The van der Waals surface area contributed by atoms with E-state index in [1.165, 1.54) is 34.0 Å². The highest BCUT2D eigenvalue weighted by atomic mass is 32.2. The van der Waals surface area contributed by atoms with Crippen LogP contribution in [0.15, 0.2) is 65.8 Å². The molecule has 0 spiro atoms. The number of halogens is 3. The van der Waals surface area contributed by atoms with E-state index in [0.29, 0.717) is 5.92 Å². The standard InChI is InChI=1S/C32H35F3N4S/c1-4-26-22(2)9-16-28-27(26)7-5-8-29(28)30-36-37-31(38(30)3)40-20-6-18-39-19-17-24(21-39)11-10-23-12-14-25(15-13-23)32(33,34)35/h5,7-16,24H,4,6,17-21H2,1-3H3/b11-10+/t24-/m1/s1. The van der Waals surface area contributed by atoms with E-state index < -0.39 is 11.7 Å². The van der Waals surface area contributed by atoms with Crippen molar-refractivity contribution >= 4 is 28.6 Å². The minimum atomic E-state index is -4.30. The molecule has 1 fully saturated rings. The van der Waals surface area contributed by atoms with Gasteiger partial charge in [-0.15, -0.1) is 10.2 Å². The van der Waals surface area contributed by atoms with Gasteiger partial charge in [0, 0.05) is 24.9 Å². The first kappa shape index (κ1) is 28.4. The number of alkyl halides is 3. The van der Waals surface area contributed by atoms with Gasteiger partial charge >= 0.3 is 6.18 Å². The Morgan fingerprint density at radius 1 is 1.02 bits per heavy atom. The van der Waals surface area contributed by atoms with Crippen molar-refractivity contribution in [3.8, 4) is 11.4 Å². The molecule has 1 aliphatic heterocycles. The molecule has 5 rings (SSSR count). The molecule has 2 heterocycles. The van der Waals surface area contributed by atoms with Crippen LogP contribution in [-0.4, -0.2) is 45.1 Å². The molecule has 1 atom stereocenters. The van der Waals surface area contributed by atoms with Crippen LogP contribution in [0.2, 0.25) is 0 Å². The molecular formula is C32H35F3N4S. The molecule has 210 valence electrons. The maximum absolute atomic E-state index is 12.8. The van der Waals surface area contributed by atoms with E-state index in [1.54, 1.807) is 11.8 Å². The molecule has 1 aliphatic rings. The van der Waals surface area contributed by atoms with Gasteiger partial charge in [-0.2, -0.15) is 13.2 Å². The lowest BCUT2D eigenvalue weighted by Crippen LogP contribution is -2.22. The van der Waals surface area contributed by atoms with Gasteiger partial charge in [-0.3, -0.25) is 0 Å². The first-order valence-corrected chi connectivity index (χ1v) is 14.8. The molecule has 4 aromatic rings. The molecule has 1 saturated heterocycles. The molecule has 0 bridgehead atoms. The van der Waals surface area contributed by atoms with Gasteiger partial charge in [0.25, 0.3) is 0 Å². The van der Waals surface area contributed by atoms with E-state index in [0.717, 1.165) is 78.9 Å². The Hall–Kier alpha value is -3.10. The van der Waals surface area contributed by atoms with Crippen LogP contribution in [0.1, 0.15) is 42.0 Å². The van der Waals surface area contributed by atoms with Crippen molar-refractivity contribution in [3.63, 3.8) is 0 Å². The second-order valence-electron chi connectivity index (χ2n) is 10.5. The summed E-state index contributed by atoms with van der Waals surface area (Å²) in [5.41, 5.74) is 4.01. The Morgan fingerprint density at radius 3 is 2.58 bits per heavy atom. The Bertz CT molecular complexity index is 1490. The zero-order chi connectivity index (χ0) is 28.3. The lowest BCUT2D eigenvalue weighted by Gasteiger charge is -2.14.